The van der Waals surface area contributed by atoms with Crippen molar-refractivity contribution in [2.24, 2.45) is 0 Å². The van der Waals surface area contributed by atoms with Gasteiger partial charge in [-0.1, -0.05) is 0 Å². The van der Waals surface area contributed by atoms with Crippen molar-refractivity contribution in [3.8, 4) is 11.3 Å². The van der Waals surface area contributed by atoms with Crippen molar-refractivity contribution in [1.82, 2.24) is 29.5 Å². The van der Waals surface area contributed by atoms with Crippen LogP contribution in [0.4, 0.5) is 14.7 Å². The highest BCUT2D eigenvalue weighted by molar-refractivity contribution is 5.92. The Balaban J connectivity index is 1.37. The third kappa shape index (κ3) is 3.83. The summed E-state index contributed by atoms with van der Waals surface area (Å²) in [6.07, 6.45) is 6.44. The Kier molecular flexibility index (Phi) is 5.23. The van der Waals surface area contributed by atoms with Crippen LogP contribution in [0.1, 0.15) is 44.7 Å². The molecule has 31 heavy (non-hydrogen) atoms. The van der Waals surface area contributed by atoms with Gasteiger partial charge in [-0.05, 0) is 44.7 Å². The van der Waals surface area contributed by atoms with Gasteiger partial charge in [0.05, 0.1) is 18.0 Å². The smallest absolute Gasteiger partial charge is 0.282 e. The van der Waals surface area contributed by atoms with Crippen LogP contribution in [0.2, 0.25) is 0 Å². The van der Waals surface area contributed by atoms with Gasteiger partial charge >= 0.3 is 0 Å². The van der Waals surface area contributed by atoms with E-state index in [9.17, 15) is 8.78 Å². The van der Waals surface area contributed by atoms with E-state index in [1.165, 1.54) is 4.52 Å². The SMILES string of the molecule is CCO[C@H]1CC[C@@H](Nc2ncc3c(-c4ccc5ncc(C(F)F)n5n4)c[nH]c3n2)CC1. The summed E-state index contributed by atoms with van der Waals surface area (Å²) in [6.45, 7) is 2.78. The summed E-state index contributed by atoms with van der Waals surface area (Å²) >= 11 is 0. The Labute approximate surface area is 177 Å². The quantitative estimate of drug-likeness (QED) is 0.475. The minimum atomic E-state index is -2.65. The van der Waals surface area contributed by atoms with Crippen LogP contribution in [-0.4, -0.2) is 48.3 Å². The molecular weight excluding hydrogens is 404 g/mol. The number of H-pyrrole nitrogens is 1. The van der Waals surface area contributed by atoms with E-state index in [-0.39, 0.29) is 5.69 Å². The summed E-state index contributed by atoms with van der Waals surface area (Å²) < 4.78 is 33.3. The fraction of sp³-hybridized carbons (Fsp3) is 0.429. The average Bonchev–Trinajstić information content (AvgIpc) is 3.38. The zero-order valence-electron chi connectivity index (χ0n) is 17.1. The highest BCUT2D eigenvalue weighted by atomic mass is 19.3. The van der Waals surface area contributed by atoms with Crippen molar-refractivity contribution < 1.29 is 13.5 Å². The van der Waals surface area contributed by atoms with E-state index in [2.05, 4.69) is 30.4 Å². The predicted molar refractivity (Wildman–Crippen MR) is 112 cm³/mol. The third-order valence-corrected chi connectivity index (χ3v) is 5.73. The van der Waals surface area contributed by atoms with Gasteiger partial charge in [-0.15, -0.1) is 0 Å². The number of nitrogens with zero attached hydrogens (tertiary/aromatic N) is 5. The molecule has 8 nitrogen and oxygen atoms in total. The second-order valence-electron chi connectivity index (χ2n) is 7.70. The Morgan fingerprint density at radius 2 is 2.03 bits per heavy atom. The van der Waals surface area contributed by atoms with Crippen molar-refractivity contribution in [3.63, 3.8) is 0 Å². The number of ether oxygens (including phenoxy) is 1. The number of alkyl halides is 2. The van der Waals surface area contributed by atoms with Gasteiger partial charge in [-0.2, -0.15) is 10.1 Å². The molecule has 0 spiro atoms. The lowest BCUT2D eigenvalue weighted by Crippen LogP contribution is -2.30. The van der Waals surface area contributed by atoms with Crippen molar-refractivity contribution >= 4 is 22.6 Å². The molecule has 10 heteroatoms. The molecule has 162 valence electrons. The monoisotopic (exact) mass is 427 g/mol. The minimum absolute atomic E-state index is 0.238. The molecule has 4 heterocycles. The van der Waals surface area contributed by atoms with Crippen LogP contribution in [-0.2, 0) is 4.74 Å². The fourth-order valence-corrected chi connectivity index (χ4v) is 4.16. The average molecular weight is 427 g/mol. The van der Waals surface area contributed by atoms with Crippen molar-refractivity contribution in [1.29, 1.82) is 0 Å². The van der Waals surface area contributed by atoms with Gasteiger partial charge in [0.15, 0.2) is 5.65 Å². The molecule has 1 saturated carbocycles. The molecule has 4 aromatic rings. The van der Waals surface area contributed by atoms with Crippen LogP contribution >= 0.6 is 0 Å². The maximum Gasteiger partial charge on any atom is 0.282 e. The molecule has 0 aliphatic heterocycles. The lowest BCUT2D eigenvalue weighted by Gasteiger charge is -2.28. The molecule has 0 radical (unpaired) electrons. The molecule has 0 amide bonds. The number of aromatic nitrogens is 6. The van der Waals surface area contributed by atoms with Gasteiger partial charge in [-0.25, -0.2) is 23.3 Å². The molecule has 4 aromatic heterocycles. The number of rotatable bonds is 6. The van der Waals surface area contributed by atoms with Gasteiger partial charge in [0.2, 0.25) is 5.95 Å². The van der Waals surface area contributed by atoms with E-state index >= 15 is 0 Å². The van der Waals surface area contributed by atoms with Crippen LogP contribution < -0.4 is 5.32 Å². The molecule has 0 saturated heterocycles. The number of fused-ring (bicyclic) bond motifs is 2. The first-order valence-electron chi connectivity index (χ1n) is 10.5. The van der Waals surface area contributed by atoms with Crippen molar-refractivity contribution in [3.05, 3.63) is 36.4 Å². The molecular formula is C21H23F2N7O. The second-order valence-corrected chi connectivity index (χ2v) is 7.70. The summed E-state index contributed by atoms with van der Waals surface area (Å²) in [4.78, 5) is 16.2. The van der Waals surface area contributed by atoms with E-state index in [0.29, 0.717) is 35.1 Å². The highest BCUT2D eigenvalue weighted by Crippen LogP contribution is 2.29. The molecule has 2 N–H and O–H groups in total. The molecule has 5 rings (SSSR count). The summed E-state index contributed by atoms with van der Waals surface area (Å²) in [7, 11) is 0. The lowest BCUT2D eigenvalue weighted by molar-refractivity contribution is 0.0346. The molecule has 0 atom stereocenters. The first-order chi connectivity index (χ1) is 15.1. The second kappa shape index (κ2) is 8.18. The summed E-state index contributed by atoms with van der Waals surface area (Å²) in [5.74, 6) is 0.568. The summed E-state index contributed by atoms with van der Waals surface area (Å²) in [5, 5.41) is 8.55. The number of hydrogen-bond acceptors (Lipinski definition) is 6. The largest absolute Gasteiger partial charge is 0.379 e. The van der Waals surface area contributed by atoms with Gasteiger partial charge in [0.1, 0.15) is 11.3 Å². The van der Waals surface area contributed by atoms with E-state index in [0.717, 1.165) is 49.4 Å². The number of anilines is 1. The number of halogens is 2. The van der Waals surface area contributed by atoms with E-state index in [4.69, 9.17) is 4.74 Å². The first kappa shape index (κ1) is 19.8. The third-order valence-electron chi connectivity index (χ3n) is 5.73. The first-order valence-corrected chi connectivity index (χ1v) is 10.5. The highest BCUT2D eigenvalue weighted by Gasteiger charge is 2.22. The maximum absolute atomic E-state index is 13.2. The van der Waals surface area contributed by atoms with Crippen molar-refractivity contribution in [2.75, 3.05) is 11.9 Å². The predicted octanol–water partition coefficient (Wildman–Crippen LogP) is 4.36. The Morgan fingerprint density at radius 1 is 1.19 bits per heavy atom. The standard InChI is InChI=1S/C21H23F2N7O/c1-2-31-13-5-3-12(4-6-13)27-21-26-10-15-14(9-25-20(15)28-21)16-7-8-18-24-11-17(19(22)23)30(18)29-16/h7-13,19H,2-6H2,1H3,(H2,25,26,27,28)/t12-,13+. The number of hydrogen-bond donors (Lipinski definition) is 2. The van der Waals surface area contributed by atoms with Crippen LogP contribution in [0.15, 0.2) is 30.7 Å². The zero-order chi connectivity index (χ0) is 21.4. The molecule has 0 unspecified atom stereocenters. The van der Waals surface area contributed by atoms with E-state index in [1.807, 2.05) is 6.92 Å². The Bertz CT molecular complexity index is 1200. The van der Waals surface area contributed by atoms with Crippen LogP contribution in [0, 0.1) is 0 Å². The van der Waals surface area contributed by atoms with Gasteiger partial charge in [0.25, 0.3) is 6.43 Å². The molecule has 0 bridgehead atoms. The Hall–Kier alpha value is -3.14. The van der Waals surface area contributed by atoms with Gasteiger partial charge in [-0.3, -0.25) is 0 Å². The Morgan fingerprint density at radius 3 is 2.81 bits per heavy atom. The minimum Gasteiger partial charge on any atom is -0.379 e. The molecule has 1 fully saturated rings. The number of imidazole rings is 1. The number of nitrogens with one attached hydrogen (secondary N) is 2. The topological polar surface area (TPSA) is 93.0 Å². The maximum atomic E-state index is 13.2. The number of aromatic amines is 1. The van der Waals surface area contributed by atoms with Gasteiger partial charge < -0.3 is 15.0 Å². The summed E-state index contributed by atoms with van der Waals surface area (Å²) in [5.41, 5.74) is 2.09. The fourth-order valence-electron chi connectivity index (χ4n) is 4.16. The van der Waals surface area contributed by atoms with E-state index in [1.54, 1.807) is 24.5 Å². The lowest BCUT2D eigenvalue weighted by atomic mass is 9.93. The zero-order valence-corrected chi connectivity index (χ0v) is 17.1. The van der Waals surface area contributed by atoms with Crippen LogP contribution in [0.5, 0.6) is 0 Å². The molecule has 1 aliphatic rings. The van der Waals surface area contributed by atoms with Crippen LogP contribution in [0.3, 0.4) is 0 Å². The molecule has 1 aliphatic carbocycles. The van der Waals surface area contributed by atoms with Crippen molar-refractivity contribution in [2.45, 2.75) is 51.2 Å². The summed E-state index contributed by atoms with van der Waals surface area (Å²) in [6, 6.07) is 3.74. The van der Waals surface area contributed by atoms with Crippen LogP contribution in [0.25, 0.3) is 27.9 Å². The van der Waals surface area contributed by atoms with Gasteiger partial charge in [0, 0.05) is 36.0 Å². The normalized spacial score (nSPS) is 19.5. The molecule has 0 aromatic carbocycles. The van der Waals surface area contributed by atoms with E-state index < -0.39 is 6.43 Å².